The number of amides is 1. The molecule has 3 aliphatic rings. The molecule has 33 heavy (non-hydrogen) atoms. The monoisotopic (exact) mass is 451 g/mol. The molecule has 4 atom stereocenters. The van der Waals surface area contributed by atoms with Crippen molar-refractivity contribution in [1.82, 2.24) is 4.98 Å². The Kier molecular flexibility index (Phi) is 4.33. The summed E-state index contributed by atoms with van der Waals surface area (Å²) in [4.78, 5) is 40.9. The number of nitrogens with two attached hydrogens (primary N) is 2. The molecule has 1 fully saturated rings. The second kappa shape index (κ2) is 6.80. The van der Waals surface area contributed by atoms with Gasteiger partial charge in [-0.15, -0.1) is 0 Å². The Morgan fingerprint density at radius 1 is 1.15 bits per heavy atom. The highest BCUT2D eigenvalue weighted by Gasteiger charge is 2.63. The lowest BCUT2D eigenvalue weighted by atomic mass is 9.57. The van der Waals surface area contributed by atoms with Gasteiger partial charge in [0.2, 0.25) is 5.78 Å². The Bertz CT molecular complexity index is 1310. The van der Waals surface area contributed by atoms with Crippen molar-refractivity contribution in [2.24, 2.45) is 23.3 Å². The highest BCUT2D eigenvalue weighted by molar-refractivity contribution is 6.24. The van der Waals surface area contributed by atoms with Crippen LogP contribution in [0.3, 0.4) is 0 Å². The number of aliphatic hydroxyl groups excluding tert-OH is 2. The van der Waals surface area contributed by atoms with Gasteiger partial charge in [-0.25, -0.2) is 0 Å². The molecule has 0 radical (unpaired) electrons. The topological polar surface area (TPSA) is 200 Å². The number of aromatic amines is 1. The number of H-pyrrole nitrogens is 1. The van der Waals surface area contributed by atoms with Crippen LogP contribution in [0.15, 0.2) is 47.4 Å². The molecule has 10 nitrogen and oxygen atoms in total. The molecule has 0 aliphatic heterocycles. The zero-order chi connectivity index (χ0) is 23.8. The third-order valence-corrected chi connectivity index (χ3v) is 7.02. The van der Waals surface area contributed by atoms with Crippen molar-refractivity contribution in [2.75, 3.05) is 0 Å². The van der Waals surface area contributed by atoms with E-state index in [-0.39, 0.29) is 29.7 Å². The third kappa shape index (κ3) is 2.58. The minimum absolute atomic E-state index is 0.0378. The first-order valence-electron chi connectivity index (χ1n) is 10.3. The normalized spacial score (nSPS) is 29.0. The number of phenolic OH excluding ortho intramolecular Hbond substituents is 1. The fourth-order valence-electron chi connectivity index (χ4n) is 5.47. The first kappa shape index (κ1) is 21.0. The van der Waals surface area contributed by atoms with Crippen LogP contribution in [0.1, 0.15) is 17.5 Å². The molecule has 0 spiro atoms. The molecule has 1 heterocycles. The molecule has 0 unspecified atom stereocenters. The zero-order valence-electron chi connectivity index (χ0n) is 17.2. The van der Waals surface area contributed by atoms with E-state index in [2.05, 4.69) is 4.98 Å². The maximum absolute atomic E-state index is 13.5. The number of primary amides is 1. The molecule has 2 aromatic rings. The van der Waals surface area contributed by atoms with Crippen LogP contribution in [0.25, 0.3) is 17.0 Å². The summed E-state index contributed by atoms with van der Waals surface area (Å²) in [6.45, 7) is 0. The van der Waals surface area contributed by atoms with Crippen LogP contribution >= 0.6 is 0 Å². The fourth-order valence-corrected chi connectivity index (χ4v) is 5.47. The number of hydrogen-bond donors (Lipinski definition) is 7. The largest absolute Gasteiger partial charge is 0.508 e. The Morgan fingerprint density at radius 3 is 2.52 bits per heavy atom. The summed E-state index contributed by atoms with van der Waals surface area (Å²) < 4.78 is 0. The number of carbonyl (C=O) groups is 3. The number of aliphatic hydroxyl groups is 3. The summed E-state index contributed by atoms with van der Waals surface area (Å²) in [5, 5.41) is 43.5. The fraction of sp³-hybridized carbons (Fsp3) is 0.261. The summed E-state index contributed by atoms with van der Waals surface area (Å²) >= 11 is 0. The van der Waals surface area contributed by atoms with E-state index < -0.39 is 58.0 Å². The number of rotatable bonds is 2. The van der Waals surface area contributed by atoms with E-state index in [1.165, 1.54) is 6.07 Å². The van der Waals surface area contributed by atoms with E-state index in [4.69, 9.17) is 11.5 Å². The number of ketones is 2. The predicted molar refractivity (Wildman–Crippen MR) is 115 cm³/mol. The lowest BCUT2D eigenvalue weighted by molar-refractivity contribution is -0.149. The molecule has 1 amide bonds. The van der Waals surface area contributed by atoms with Crippen molar-refractivity contribution >= 4 is 23.2 Å². The van der Waals surface area contributed by atoms with E-state index >= 15 is 0 Å². The van der Waals surface area contributed by atoms with Gasteiger partial charge in [0.1, 0.15) is 22.8 Å². The van der Waals surface area contributed by atoms with Crippen molar-refractivity contribution in [3.8, 4) is 17.0 Å². The van der Waals surface area contributed by atoms with Crippen LogP contribution in [0.2, 0.25) is 0 Å². The van der Waals surface area contributed by atoms with Gasteiger partial charge in [0.15, 0.2) is 11.4 Å². The van der Waals surface area contributed by atoms with Crippen LogP contribution in [0, 0.1) is 11.8 Å². The van der Waals surface area contributed by atoms with Gasteiger partial charge in [-0.05, 0) is 48.6 Å². The van der Waals surface area contributed by atoms with Gasteiger partial charge in [-0.3, -0.25) is 14.4 Å². The molecule has 3 aliphatic carbocycles. The van der Waals surface area contributed by atoms with Gasteiger partial charge in [0.25, 0.3) is 5.91 Å². The number of hydrogen-bond acceptors (Lipinski definition) is 8. The molecule has 9 N–H and O–H groups in total. The summed E-state index contributed by atoms with van der Waals surface area (Å²) in [6, 6.07) is 5.21. The van der Waals surface area contributed by atoms with Crippen LogP contribution < -0.4 is 11.5 Å². The highest BCUT2D eigenvalue weighted by atomic mass is 16.3. The van der Waals surface area contributed by atoms with Crippen LogP contribution in [0.5, 0.6) is 5.75 Å². The molecule has 10 heteroatoms. The van der Waals surface area contributed by atoms with Crippen LogP contribution in [-0.4, -0.2) is 54.5 Å². The lowest BCUT2D eigenvalue weighted by Gasteiger charge is -2.48. The molecule has 0 bridgehead atoms. The standard InChI is InChI=1S/C23H21N3O7/c24-17-11-7-8-6-10-9(12-2-1-5-26-12)3-4-13(27)15(10)18(28)14(8)20(30)23(11,33)21(31)16(19(17)29)22(25)32/h1-5,8,11,17,26-28,31,33H,6-7,24H2,(H2,25,32)/t8-,11-,17+,23-/m0/s1. The maximum atomic E-state index is 13.5. The van der Waals surface area contributed by atoms with Gasteiger partial charge in [-0.1, -0.05) is 0 Å². The summed E-state index contributed by atoms with van der Waals surface area (Å²) in [5.74, 6) is -7.24. The summed E-state index contributed by atoms with van der Waals surface area (Å²) in [6.07, 6.45) is 1.88. The molecule has 0 saturated heterocycles. The Balaban J connectivity index is 1.74. The van der Waals surface area contributed by atoms with E-state index in [9.17, 15) is 34.8 Å². The van der Waals surface area contributed by atoms with E-state index in [1.54, 1.807) is 18.3 Å². The van der Waals surface area contributed by atoms with Crippen molar-refractivity contribution in [1.29, 1.82) is 0 Å². The summed E-state index contributed by atoms with van der Waals surface area (Å²) in [5.41, 5.74) is 9.41. The number of aromatic nitrogens is 1. The number of phenols is 1. The van der Waals surface area contributed by atoms with Crippen molar-refractivity contribution in [2.45, 2.75) is 24.5 Å². The Hall–Kier alpha value is -3.89. The Morgan fingerprint density at radius 2 is 1.88 bits per heavy atom. The molecule has 1 saturated carbocycles. The molecule has 1 aromatic heterocycles. The first-order valence-corrected chi connectivity index (χ1v) is 10.3. The predicted octanol–water partition coefficient (Wildman–Crippen LogP) is 0.356. The average Bonchev–Trinajstić information content (AvgIpc) is 3.29. The lowest BCUT2D eigenvalue weighted by Crippen LogP contribution is -2.65. The second-order valence-corrected chi connectivity index (χ2v) is 8.65. The van der Waals surface area contributed by atoms with Crippen molar-refractivity contribution < 1.29 is 34.8 Å². The minimum atomic E-state index is -2.71. The number of carbonyl (C=O) groups excluding carboxylic acids is 3. The van der Waals surface area contributed by atoms with Gasteiger partial charge in [0.05, 0.1) is 11.6 Å². The summed E-state index contributed by atoms with van der Waals surface area (Å²) in [7, 11) is 0. The Labute approximate surface area is 186 Å². The van der Waals surface area contributed by atoms with E-state index in [0.29, 0.717) is 11.1 Å². The highest BCUT2D eigenvalue weighted by Crippen LogP contribution is 2.52. The quantitative estimate of drug-likeness (QED) is 0.317. The maximum Gasteiger partial charge on any atom is 0.255 e. The number of Topliss-reactive ketones (excluding diaryl/α,β-unsaturated/α-hetero) is 2. The first-order chi connectivity index (χ1) is 15.6. The van der Waals surface area contributed by atoms with Crippen LogP contribution in [0.4, 0.5) is 0 Å². The number of benzene rings is 1. The average molecular weight is 451 g/mol. The zero-order valence-corrected chi connectivity index (χ0v) is 17.2. The third-order valence-electron chi connectivity index (χ3n) is 7.02. The number of nitrogens with one attached hydrogen (secondary N) is 1. The SMILES string of the molecule is NC(=O)C1=C(O)[C@@]2(O)C(=O)C3=C(O)c4c(O)ccc(-c5ccc[nH]5)c4C[C@H]3C[C@H]2[C@@H](N)C1=O. The molecule has 5 rings (SSSR count). The van der Waals surface area contributed by atoms with Gasteiger partial charge in [-0.2, -0.15) is 0 Å². The molecular weight excluding hydrogens is 430 g/mol. The van der Waals surface area contributed by atoms with Gasteiger partial charge in [0, 0.05) is 28.9 Å². The number of fused-ring (bicyclic) bond motifs is 3. The molecule has 1 aromatic carbocycles. The van der Waals surface area contributed by atoms with Crippen LogP contribution in [-0.2, 0) is 20.8 Å². The van der Waals surface area contributed by atoms with Crippen molar-refractivity contribution in [3.63, 3.8) is 0 Å². The number of aromatic hydroxyl groups is 1. The van der Waals surface area contributed by atoms with Gasteiger partial charge < -0.3 is 36.9 Å². The van der Waals surface area contributed by atoms with E-state index in [0.717, 1.165) is 5.69 Å². The molecular formula is C23H21N3O7. The van der Waals surface area contributed by atoms with Crippen molar-refractivity contribution in [3.05, 3.63) is 58.5 Å². The minimum Gasteiger partial charge on any atom is -0.508 e. The van der Waals surface area contributed by atoms with E-state index in [1.807, 2.05) is 6.07 Å². The smallest absolute Gasteiger partial charge is 0.255 e. The van der Waals surface area contributed by atoms with Gasteiger partial charge >= 0.3 is 0 Å². The molecule has 170 valence electrons. The second-order valence-electron chi connectivity index (χ2n) is 8.65.